The molecule has 1 atom stereocenters. The molecular weight excluding hydrogens is 188 g/mol. The van der Waals surface area contributed by atoms with Crippen molar-refractivity contribution >= 4 is 5.91 Å². The second-order valence-corrected chi connectivity index (χ2v) is 4.89. The van der Waals surface area contributed by atoms with Crippen molar-refractivity contribution in [3.63, 3.8) is 0 Å². The average molecular weight is 210 g/mol. The van der Waals surface area contributed by atoms with Gasteiger partial charge in [0.2, 0.25) is 5.91 Å². The summed E-state index contributed by atoms with van der Waals surface area (Å²) < 4.78 is 0. The van der Waals surface area contributed by atoms with Crippen molar-refractivity contribution in [1.29, 1.82) is 0 Å². The van der Waals surface area contributed by atoms with E-state index in [9.17, 15) is 4.79 Å². The van der Waals surface area contributed by atoms with Crippen LogP contribution in [0.5, 0.6) is 0 Å². The Labute approximate surface area is 92.0 Å². The predicted molar refractivity (Wildman–Crippen MR) is 60.6 cm³/mol. The van der Waals surface area contributed by atoms with E-state index in [1.807, 2.05) is 0 Å². The zero-order chi connectivity index (χ0) is 10.5. The lowest BCUT2D eigenvalue weighted by Gasteiger charge is -2.17. The first kappa shape index (κ1) is 10.9. The van der Waals surface area contributed by atoms with Crippen LogP contribution in [0.3, 0.4) is 0 Å². The summed E-state index contributed by atoms with van der Waals surface area (Å²) in [6.45, 7) is 2.01. The molecular formula is C12H22N2O. The molecule has 0 radical (unpaired) electrons. The minimum atomic E-state index is 0.299. The van der Waals surface area contributed by atoms with Crippen LogP contribution >= 0.6 is 0 Å². The first-order valence-electron chi connectivity index (χ1n) is 6.37. The van der Waals surface area contributed by atoms with Gasteiger partial charge in [-0.2, -0.15) is 0 Å². The fourth-order valence-corrected chi connectivity index (χ4v) is 2.64. The van der Waals surface area contributed by atoms with E-state index in [1.54, 1.807) is 0 Å². The van der Waals surface area contributed by atoms with Crippen molar-refractivity contribution in [3.05, 3.63) is 0 Å². The lowest BCUT2D eigenvalue weighted by atomic mass is 9.99. The highest BCUT2D eigenvalue weighted by atomic mass is 16.1. The maximum atomic E-state index is 12.0. The zero-order valence-electron chi connectivity index (χ0n) is 9.43. The number of carbonyl (C=O) groups excluding carboxylic acids is 1. The molecule has 1 saturated heterocycles. The summed E-state index contributed by atoms with van der Waals surface area (Å²) in [5.74, 6) is 0.610. The average Bonchev–Trinajstić information content (AvgIpc) is 2.58. The smallest absolute Gasteiger partial charge is 0.223 e. The van der Waals surface area contributed by atoms with Gasteiger partial charge in [-0.3, -0.25) is 4.79 Å². The van der Waals surface area contributed by atoms with E-state index in [0.29, 0.717) is 17.9 Å². The van der Waals surface area contributed by atoms with Crippen LogP contribution in [0.2, 0.25) is 0 Å². The number of carbonyl (C=O) groups is 1. The van der Waals surface area contributed by atoms with Crippen molar-refractivity contribution in [2.45, 2.75) is 51.0 Å². The molecule has 2 fully saturated rings. The standard InChI is InChI=1S/C12H22N2O/c15-12(14-11-7-8-13-9-11)10-5-3-1-2-4-6-10/h10-11,13H,1-9H2,(H,14,15). The topological polar surface area (TPSA) is 41.1 Å². The molecule has 1 amide bonds. The van der Waals surface area contributed by atoms with Gasteiger partial charge in [-0.15, -0.1) is 0 Å². The number of nitrogens with one attached hydrogen (secondary N) is 2. The van der Waals surface area contributed by atoms with Gasteiger partial charge in [-0.25, -0.2) is 0 Å². The summed E-state index contributed by atoms with van der Waals surface area (Å²) in [5.41, 5.74) is 0. The van der Waals surface area contributed by atoms with E-state index < -0.39 is 0 Å². The van der Waals surface area contributed by atoms with E-state index in [1.165, 1.54) is 25.7 Å². The maximum absolute atomic E-state index is 12.0. The van der Waals surface area contributed by atoms with Crippen molar-refractivity contribution in [3.8, 4) is 0 Å². The summed E-state index contributed by atoms with van der Waals surface area (Å²) in [6.07, 6.45) is 8.40. The van der Waals surface area contributed by atoms with Gasteiger partial charge in [0, 0.05) is 18.5 Å². The molecule has 1 heterocycles. The molecule has 1 saturated carbocycles. The maximum Gasteiger partial charge on any atom is 0.223 e. The second kappa shape index (κ2) is 5.50. The third-order valence-electron chi connectivity index (χ3n) is 3.63. The Kier molecular flexibility index (Phi) is 4.01. The highest BCUT2D eigenvalue weighted by Crippen LogP contribution is 2.23. The molecule has 3 heteroatoms. The van der Waals surface area contributed by atoms with Gasteiger partial charge >= 0.3 is 0 Å². The molecule has 15 heavy (non-hydrogen) atoms. The van der Waals surface area contributed by atoms with Crippen LogP contribution in [-0.2, 0) is 4.79 Å². The molecule has 2 N–H and O–H groups in total. The molecule has 0 aromatic carbocycles. The molecule has 0 spiro atoms. The molecule has 1 aliphatic carbocycles. The lowest BCUT2D eigenvalue weighted by Crippen LogP contribution is -2.39. The minimum absolute atomic E-state index is 0.299. The van der Waals surface area contributed by atoms with Gasteiger partial charge in [0.1, 0.15) is 0 Å². The summed E-state index contributed by atoms with van der Waals surface area (Å²) in [4.78, 5) is 12.0. The molecule has 0 aromatic heterocycles. The summed E-state index contributed by atoms with van der Waals surface area (Å²) in [6, 6.07) is 0.390. The van der Waals surface area contributed by atoms with E-state index >= 15 is 0 Å². The monoisotopic (exact) mass is 210 g/mol. The highest BCUT2D eigenvalue weighted by Gasteiger charge is 2.23. The van der Waals surface area contributed by atoms with Crippen LogP contribution in [-0.4, -0.2) is 25.0 Å². The fraction of sp³-hybridized carbons (Fsp3) is 0.917. The molecule has 0 bridgehead atoms. The minimum Gasteiger partial charge on any atom is -0.352 e. The van der Waals surface area contributed by atoms with Crippen LogP contribution < -0.4 is 10.6 Å². The van der Waals surface area contributed by atoms with E-state index in [0.717, 1.165) is 32.4 Å². The van der Waals surface area contributed by atoms with Crippen LogP contribution in [0, 0.1) is 5.92 Å². The van der Waals surface area contributed by atoms with E-state index in [2.05, 4.69) is 10.6 Å². The van der Waals surface area contributed by atoms with Crippen LogP contribution in [0.15, 0.2) is 0 Å². The van der Waals surface area contributed by atoms with Crippen molar-refractivity contribution in [2.24, 2.45) is 5.92 Å². The number of amides is 1. The Morgan fingerprint density at radius 2 is 1.80 bits per heavy atom. The van der Waals surface area contributed by atoms with Crippen molar-refractivity contribution < 1.29 is 4.79 Å². The fourth-order valence-electron chi connectivity index (χ4n) is 2.64. The van der Waals surface area contributed by atoms with Gasteiger partial charge in [0.05, 0.1) is 0 Å². The molecule has 2 rings (SSSR count). The second-order valence-electron chi connectivity index (χ2n) is 4.89. The quantitative estimate of drug-likeness (QED) is 0.677. The van der Waals surface area contributed by atoms with Crippen LogP contribution in [0.25, 0.3) is 0 Å². The van der Waals surface area contributed by atoms with Crippen LogP contribution in [0.4, 0.5) is 0 Å². The van der Waals surface area contributed by atoms with Crippen molar-refractivity contribution in [2.75, 3.05) is 13.1 Å². The van der Waals surface area contributed by atoms with E-state index in [-0.39, 0.29) is 0 Å². The first-order valence-corrected chi connectivity index (χ1v) is 6.37. The molecule has 1 unspecified atom stereocenters. The van der Waals surface area contributed by atoms with Gasteiger partial charge < -0.3 is 10.6 Å². The Balaban J connectivity index is 1.77. The van der Waals surface area contributed by atoms with Gasteiger partial charge in [-0.1, -0.05) is 25.7 Å². The van der Waals surface area contributed by atoms with Crippen molar-refractivity contribution in [1.82, 2.24) is 10.6 Å². The summed E-state index contributed by atoms with van der Waals surface area (Å²) >= 11 is 0. The molecule has 1 aliphatic heterocycles. The van der Waals surface area contributed by atoms with Gasteiger partial charge in [0.15, 0.2) is 0 Å². The predicted octanol–water partition coefficient (Wildman–Crippen LogP) is 1.43. The highest BCUT2D eigenvalue weighted by molar-refractivity contribution is 5.79. The molecule has 2 aliphatic rings. The molecule has 86 valence electrons. The third kappa shape index (κ3) is 3.20. The van der Waals surface area contributed by atoms with Gasteiger partial charge in [-0.05, 0) is 25.8 Å². The molecule has 3 nitrogen and oxygen atoms in total. The zero-order valence-corrected chi connectivity index (χ0v) is 9.43. The van der Waals surface area contributed by atoms with Crippen LogP contribution in [0.1, 0.15) is 44.9 Å². The largest absolute Gasteiger partial charge is 0.352 e. The van der Waals surface area contributed by atoms with Gasteiger partial charge in [0.25, 0.3) is 0 Å². The number of hydrogen-bond acceptors (Lipinski definition) is 2. The number of hydrogen-bond donors (Lipinski definition) is 2. The SMILES string of the molecule is O=C(NC1CCNC1)C1CCCCCC1. The summed E-state index contributed by atoms with van der Waals surface area (Å²) in [7, 11) is 0. The lowest BCUT2D eigenvalue weighted by molar-refractivity contribution is -0.126. The Morgan fingerprint density at radius 1 is 1.07 bits per heavy atom. The van der Waals surface area contributed by atoms with E-state index in [4.69, 9.17) is 0 Å². The Morgan fingerprint density at radius 3 is 2.40 bits per heavy atom. The number of rotatable bonds is 2. The Hall–Kier alpha value is -0.570. The Bertz CT molecular complexity index is 204. The summed E-state index contributed by atoms with van der Waals surface area (Å²) in [5, 5.41) is 6.45. The normalized spacial score (nSPS) is 28.7. The first-order chi connectivity index (χ1) is 7.36. The third-order valence-corrected chi connectivity index (χ3v) is 3.63. The molecule has 0 aromatic rings.